The first-order chi connectivity index (χ1) is 12.1. The molecule has 25 heavy (non-hydrogen) atoms. The second kappa shape index (κ2) is 5.79. The molecular weight excluding hydrogens is 318 g/mol. The summed E-state index contributed by atoms with van der Waals surface area (Å²) in [6, 6.07) is 16.6. The smallest absolute Gasteiger partial charge is 0.334 e. The highest BCUT2D eigenvalue weighted by atomic mass is 16.2. The molecule has 0 spiro atoms. The largest absolute Gasteiger partial charge is 0.399 e. The topological polar surface area (TPSA) is 110 Å². The number of H-pyrrole nitrogens is 2. The number of hydrogen-bond acceptors (Lipinski definition) is 4. The van der Waals surface area contributed by atoms with E-state index in [-0.39, 0.29) is 11.2 Å². The quantitative estimate of drug-likeness (QED) is 0.494. The summed E-state index contributed by atoms with van der Waals surface area (Å²) >= 11 is 0. The van der Waals surface area contributed by atoms with Gasteiger partial charge in [-0.3, -0.25) is 9.78 Å². The fourth-order valence-electron chi connectivity index (χ4n) is 2.82. The maximum Gasteiger partial charge on any atom is 0.334 e. The molecule has 0 unspecified atom stereocenters. The molecule has 2 aromatic carbocycles. The third-order valence-electron chi connectivity index (χ3n) is 3.94. The Morgan fingerprint density at radius 1 is 1.00 bits per heavy atom. The molecule has 124 valence electrons. The minimum absolute atomic E-state index is 0.257. The summed E-state index contributed by atoms with van der Waals surface area (Å²) in [6.07, 6.45) is 0.528. The van der Waals surface area contributed by atoms with E-state index >= 15 is 0 Å². The molecule has 0 atom stereocenters. The Morgan fingerprint density at radius 3 is 2.56 bits per heavy atom. The molecule has 0 aliphatic heterocycles. The molecule has 0 aliphatic rings. The number of fused-ring (bicyclic) bond motifs is 1. The van der Waals surface area contributed by atoms with Gasteiger partial charge in [0, 0.05) is 12.1 Å². The lowest BCUT2D eigenvalue weighted by Crippen LogP contribution is -2.29. The van der Waals surface area contributed by atoms with E-state index < -0.39 is 11.2 Å². The fourth-order valence-corrected chi connectivity index (χ4v) is 2.82. The van der Waals surface area contributed by atoms with Gasteiger partial charge in [-0.25, -0.2) is 14.3 Å². The van der Waals surface area contributed by atoms with Crippen molar-refractivity contribution in [3.05, 3.63) is 86.8 Å². The summed E-state index contributed by atoms with van der Waals surface area (Å²) in [4.78, 5) is 34.3. The zero-order chi connectivity index (χ0) is 17.4. The van der Waals surface area contributed by atoms with Gasteiger partial charge < -0.3 is 10.7 Å². The normalized spacial score (nSPS) is 11.0. The van der Waals surface area contributed by atoms with E-state index in [2.05, 4.69) is 15.0 Å². The fraction of sp³-hybridized carbons (Fsp3) is 0.0556. The van der Waals surface area contributed by atoms with Gasteiger partial charge in [-0.2, -0.15) is 0 Å². The van der Waals surface area contributed by atoms with Gasteiger partial charge in [0.1, 0.15) is 11.3 Å². The number of aromatic amines is 2. The van der Waals surface area contributed by atoms with Crippen LogP contribution in [0.5, 0.6) is 0 Å². The Balaban J connectivity index is 1.92. The van der Waals surface area contributed by atoms with Crippen molar-refractivity contribution in [2.75, 3.05) is 5.73 Å². The number of nitrogens with zero attached hydrogens (tertiary/aromatic N) is 2. The van der Waals surface area contributed by atoms with Crippen molar-refractivity contribution in [1.29, 1.82) is 0 Å². The predicted molar refractivity (Wildman–Crippen MR) is 96.0 cm³/mol. The highest BCUT2D eigenvalue weighted by molar-refractivity contribution is 5.72. The maximum atomic E-state index is 12.3. The van der Waals surface area contributed by atoms with Crippen molar-refractivity contribution in [3.63, 3.8) is 0 Å². The van der Waals surface area contributed by atoms with Gasteiger partial charge in [0.15, 0.2) is 5.65 Å². The van der Waals surface area contributed by atoms with Gasteiger partial charge in [0.2, 0.25) is 0 Å². The number of nitrogens with one attached hydrogen (secondary N) is 2. The van der Waals surface area contributed by atoms with E-state index in [4.69, 9.17) is 5.73 Å². The lowest BCUT2D eigenvalue weighted by atomic mass is 10.1. The van der Waals surface area contributed by atoms with Gasteiger partial charge in [-0.1, -0.05) is 36.4 Å². The van der Waals surface area contributed by atoms with Crippen LogP contribution in [-0.4, -0.2) is 19.5 Å². The first-order valence-corrected chi connectivity index (χ1v) is 7.75. The average molecular weight is 333 g/mol. The molecule has 0 amide bonds. The van der Waals surface area contributed by atoms with Crippen LogP contribution in [0.1, 0.15) is 11.4 Å². The summed E-state index contributed by atoms with van der Waals surface area (Å²) in [7, 11) is 0. The van der Waals surface area contributed by atoms with Crippen LogP contribution in [0.2, 0.25) is 0 Å². The summed E-state index contributed by atoms with van der Waals surface area (Å²) in [6.45, 7) is 0. The number of anilines is 1. The van der Waals surface area contributed by atoms with Crippen LogP contribution >= 0.6 is 0 Å². The van der Waals surface area contributed by atoms with E-state index in [1.807, 2.05) is 30.3 Å². The van der Waals surface area contributed by atoms with Crippen molar-refractivity contribution >= 4 is 16.9 Å². The first kappa shape index (κ1) is 14.9. The zero-order valence-corrected chi connectivity index (χ0v) is 13.2. The van der Waals surface area contributed by atoms with E-state index in [1.165, 1.54) is 4.57 Å². The highest BCUT2D eigenvalue weighted by Crippen LogP contribution is 2.15. The number of benzene rings is 2. The molecular formula is C18H15N5O2. The molecule has 0 fully saturated rings. The van der Waals surface area contributed by atoms with Crippen molar-refractivity contribution < 1.29 is 0 Å². The van der Waals surface area contributed by atoms with E-state index in [9.17, 15) is 9.59 Å². The van der Waals surface area contributed by atoms with E-state index in [0.717, 1.165) is 5.56 Å². The maximum absolute atomic E-state index is 12.3. The average Bonchev–Trinajstić information content (AvgIpc) is 2.99. The molecule has 4 rings (SSSR count). The van der Waals surface area contributed by atoms with Crippen LogP contribution in [-0.2, 0) is 6.42 Å². The minimum Gasteiger partial charge on any atom is -0.399 e. The molecule has 4 aromatic rings. The van der Waals surface area contributed by atoms with Crippen LogP contribution in [0.15, 0.2) is 64.2 Å². The lowest BCUT2D eigenvalue weighted by Gasteiger charge is -2.06. The summed E-state index contributed by atoms with van der Waals surface area (Å²) in [5, 5.41) is 0. The number of hydrogen-bond donors (Lipinski definition) is 3. The lowest BCUT2D eigenvalue weighted by molar-refractivity contribution is 0.928. The van der Waals surface area contributed by atoms with Crippen LogP contribution in [0.4, 0.5) is 5.69 Å². The monoisotopic (exact) mass is 333 g/mol. The molecule has 0 bridgehead atoms. The molecule has 4 N–H and O–H groups in total. The third-order valence-corrected chi connectivity index (χ3v) is 3.94. The molecule has 0 aliphatic carbocycles. The van der Waals surface area contributed by atoms with Crippen LogP contribution in [0, 0.1) is 0 Å². The summed E-state index contributed by atoms with van der Waals surface area (Å²) in [5.41, 5.74) is 7.42. The van der Waals surface area contributed by atoms with Crippen LogP contribution < -0.4 is 17.0 Å². The van der Waals surface area contributed by atoms with Gasteiger partial charge in [0.25, 0.3) is 5.56 Å². The second-order valence-electron chi connectivity index (χ2n) is 5.73. The van der Waals surface area contributed by atoms with E-state index in [1.54, 1.807) is 24.3 Å². The standard InChI is InChI=1S/C18H15N5O2/c19-12-7-4-8-13(10-12)23-16-15(17(24)22-18(23)25)20-14(21-16)9-11-5-2-1-3-6-11/h1-8,10H,9,19H2,(H,20,21)(H,22,24,25). The van der Waals surface area contributed by atoms with Crippen LogP contribution in [0.25, 0.3) is 16.9 Å². The molecule has 2 aromatic heterocycles. The van der Waals surface area contributed by atoms with Crippen molar-refractivity contribution in [2.45, 2.75) is 6.42 Å². The van der Waals surface area contributed by atoms with Gasteiger partial charge in [0.05, 0.1) is 5.69 Å². The number of aromatic nitrogens is 4. The first-order valence-electron chi connectivity index (χ1n) is 7.75. The van der Waals surface area contributed by atoms with Crippen molar-refractivity contribution in [2.24, 2.45) is 0 Å². The van der Waals surface area contributed by atoms with Crippen molar-refractivity contribution in [1.82, 2.24) is 19.5 Å². The zero-order valence-electron chi connectivity index (χ0n) is 13.2. The van der Waals surface area contributed by atoms with Gasteiger partial charge >= 0.3 is 5.69 Å². The second-order valence-corrected chi connectivity index (χ2v) is 5.73. The Morgan fingerprint density at radius 2 is 1.80 bits per heavy atom. The molecule has 0 radical (unpaired) electrons. The summed E-state index contributed by atoms with van der Waals surface area (Å²) in [5.74, 6) is 0.606. The molecule has 0 saturated heterocycles. The molecule has 2 heterocycles. The van der Waals surface area contributed by atoms with Gasteiger partial charge in [-0.05, 0) is 23.8 Å². The molecule has 7 nitrogen and oxygen atoms in total. The number of nitrogen functional groups attached to an aromatic ring is 1. The summed E-state index contributed by atoms with van der Waals surface area (Å²) < 4.78 is 1.35. The number of nitrogens with two attached hydrogens (primary N) is 1. The molecule has 0 saturated carbocycles. The number of rotatable bonds is 3. The van der Waals surface area contributed by atoms with E-state index in [0.29, 0.717) is 23.6 Å². The Labute approximate surface area is 141 Å². The van der Waals surface area contributed by atoms with Crippen LogP contribution in [0.3, 0.4) is 0 Å². The Hall–Kier alpha value is -3.61. The predicted octanol–water partition coefficient (Wildman–Crippen LogP) is 1.58. The Bertz CT molecular complexity index is 1170. The van der Waals surface area contributed by atoms with Crippen molar-refractivity contribution in [3.8, 4) is 5.69 Å². The minimum atomic E-state index is -0.555. The molecule has 7 heteroatoms. The highest BCUT2D eigenvalue weighted by Gasteiger charge is 2.14. The third kappa shape index (κ3) is 2.72. The SMILES string of the molecule is Nc1cccc(-n2c(=O)[nH]c(=O)c3[nH]c(Cc4ccccc4)nc32)c1. The number of imidazole rings is 1. The van der Waals surface area contributed by atoms with Gasteiger partial charge in [-0.15, -0.1) is 0 Å². The Kier molecular flexibility index (Phi) is 3.46.